The summed E-state index contributed by atoms with van der Waals surface area (Å²) in [5.74, 6) is -1.43. The van der Waals surface area contributed by atoms with E-state index in [2.05, 4.69) is 5.32 Å². The summed E-state index contributed by atoms with van der Waals surface area (Å²) in [6, 6.07) is 4.50. The lowest BCUT2D eigenvalue weighted by molar-refractivity contribution is 0.161. The Balaban J connectivity index is 2.06. The molecule has 2 rings (SSSR count). The highest BCUT2D eigenvalue weighted by atomic mass is 19.2. The quantitative estimate of drug-likeness (QED) is 0.775. The standard InChI is InChI=1S/C17H25F2NO/c1-21-11-10-20-13-17(8-3-2-4-9-17)12-14-6-5-7-15(18)16(14)19/h5-7,20H,2-4,8-13H2,1H3. The second-order valence-electron chi connectivity index (χ2n) is 6.12. The first-order chi connectivity index (χ1) is 10.2. The van der Waals surface area contributed by atoms with E-state index in [0.717, 1.165) is 25.9 Å². The van der Waals surface area contributed by atoms with Gasteiger partial charge in [-0.1, -0.05) is 31.4 Å². The average molecular weight is 297 g/mol. The highest BCUT2D eigenvalue weighted by Crippen LogP contribution is 2.39. The lowest BCUT2D eigenvalue weighted by Crippen LogP contribution is -2.39. The Kier molecular flexibility index (Phi) is 6.12. The molecule has 1 aromatic rings. The fourth-order valence-corrected chi connectivity index (χ4v) is 3.33. The van der Waals surface area contributed by atoms with Crippen molar-refractivity contribution < 1.29 is 13.5 Å². The first kappa shape index (κ1) is 16.4. The first-order valence-electron chi connectivity index (χ1n) is 7.79. The minimum absolute atomic E-state index is 0.0423. The summed E-state index contributed by atoms with van der Waals surface area (Å²) in [4.78, 5) is 0. The predicted octanol–water partition coefficient (Wildman–Crippen LogP) is 3.69. The van der Waals surface area contributed by atoms with Crippen LogP contribution in [0.3, 0.4) is 0 Å². The fourth-order valence-electron chi connectivity index (χ4n) is 3.33. The number of ether oxygens (including phenoxy) is 1. The number of methoxy groups -OCH3 is 1. The molecule has 0 spiro atoms. The first-order valence-corrected chi connectivity index (χ1v) is 7.79. The molecule has 1 N–H and O–H groups in total. The van der Waals surface area contributed by atoms with Crippen molar-refractivity contribution in [2.45, 2.75) is 38.5 Å². The summed E-state index contributed by atoms with van der Waals surface area (Å²) < 4.78 is 32.4. The Labute approximate surface area is 125 Å². The van der Waals surface area contributed by atoms with Gasteiger partial charge in [-0.2, -0.15) is 0 Å². The van der Waals surface area contributed by atoms with Gasteiger partial charge in [0.1, 0.15) is 0 Å². The molecule has 0 radical (unpaired) electrons. The van der Waals surface area contributed by atoms with E-state index in [4.69, 9.17) is 4.74 Å². The molecule has 1 saturated carbocycles. The van der Waals surface area contributed by atoms with Crippen LogP contribution in [0, 0.1) is 17.0 Å². The molecule has 0 saturated heterocycles. The van der Waals surface area contributed by atoms with Gasteiger partial charge in [0.25, 0.3) is 0 Å². The molecule has 1 aromatic carbocycles. The van der Waals surface area contributed by atoms with E-state index in [1.165, 1.54) is 25.3 Å². The highest BCUT2D eigenvalue weighted by molar-refractivity contribution is 5.21. The predicted molar refractivity (Wildman–Crippen MR) is 80.3 cm³/mol. The Morgan fingerprint density at radius 2 is 1.95 bits per heavy atom. The van der Waals surface area contributed by atoms with Gasteiger partial charge in [0, 0.05) is 20.2 Å². The van der Waals surface area contributed by atoms with Crippen molar-refractivity contribution in [2.75, 3.05) is 26.8 Å². The monoisotopic (exact) mass is 297 g/mol. The summed E-state index contributed by atoms with van der Waals surface area (Å²) in [5.41, 5.74) is 0.547. The van der Waals surface area contributed by atoms with Crippen LogP contribution in [0.5, 0.6) is 0 Å². The molecule has 4 heteroatoms. The molecule has 1 aliphatic carbocycles. The van der Waals surface area contributed by atoms with Gasteiger partial charge in [-0.15, -0.1) is 0 Å². The van der Waals surface area contributed by atoms with Crippen LogP contribution < -0.4 is 5.32 Å². The van der Waals surface area contributed by atoms with Crippen molar-refractivity contribution in [3.05, 3.63) is 35.4 Å². The molecule has 21 heavy (non-hydrogen) atoms. The second-order valence-corrected chi connectivity index (χ2v) is 6.12. The molecule has 0 atom stereocenters. The number of hydrogen-bond donors (Lipinski definition) is 1. The molecule has 2 nitrogen and oxygen atoms in total. The third-order valence-corrected chi connectivity index (χ3v) is 4.49. The van der Waals surface area contributed by atoms with Crippen LogP contribution in [0.4, 0.5) is 8.78 Å². The summed E-state index contributed by atoms with van der Waals surface area (Å²) in [6.07, 6.45) is 6.33. The largest absolute Gasteiger partial charge is 0.383 e. The van der Waals surface area contributed by atoms with Gasteiger partial charge in [-0.05, 0) is 36.3 Å². The van der Waals surface area contributed by atoms with E-state index >= 15 is 0 Å². The zero-order valence-electron chi connectivity index (χ0n) is 12.8. The van der Waals surface area contributed by atoms with Crippen LogP contribution in [0.25, 0.3) is 0 Å². The number of benzene rings is 1. The smallest absolute Gasteiger partial charge is 0.162 e. The molecule has 0 heterocycles. The van der Waals surface area contributed by atoms with Gasteiger partial charge in [0.2, 0.25) is 0 Å². The van der Waals surface area contributed by atoms with Gasteiger partial charge >= 0.3 is 0 Å². The lowest BCUT2D eigenvalue weighted by atomic mass is 9.70. The molecule has 0 aromatic heterocycles. The summed E-state index contributed by atoms with van der Waals surface area (Å²) >= 11 is 0. The Morgan fingerprint density at radius 1 is 1.19 bits per heavy atom. The van der Waals surface area contributed by atoms with Gasteiger partial charge in [0.05, 0.1) is 6.61 Å². The number of halogens is 2. The Hall–Kier alpha value is -1.00. The van der Waals surface area contributed by atoms with Crippen molar-refractivity contribution in [1.29, 1.82) is 0 Å². The van der Waals surface area contributed by atoms with E-state index < -0.39 is 11.6 Å². The number of rotatable bonds is 7. The van der Waals surface area contributed by atoms with E-state index in [1.807, 2.05) is 0 Å². The van der Waals surface area contributed by atoms with E-state index in [9.17, 15) is 8.78 Å². The van der Waals surface area contributed by atoms with Crippen LogP contribution >= 0.6 is 0 Å². The van der Waals surface area contributed by atoms with Gasteiger partial charge in [-0.3, -0.25) is 0 Å². The second kappa shape index (κ2) is 7.85. The SMILES string of the molecule is COCCNCC1(Cc2cccc(F)c2F)CCCCC1. The molecule has 118 valence electrons. The van der Waals surface area contributed by atoms with Gasteiger partial charge < -0.3 is 10.1 Å². The molecule has 0 unspecified atom stereocenters. The maximum Gasteiger partial charge on any atom is 0.162 e. The van der Waals surface area contributed by atoms with E-state index in [1.54, 1.807) is 19.2 Å². The normalized spacial score (nSPS) is 17.9. The summed E-state index contributed by atoms with van der Waals surface area (Å²) in [6.45, 7) is 2.31. The Morgan fingerprint density at radius 3 is 2.67 bits per heavy atom. The van der Waals surface area contributed by atoms with Gasteiger partial charge in [0.15, 0.2) is 11.6 Å². The minimum atomic E-state index is -0.745. The zero-order valence-corrected chi connectivity index (χ0v) is 12.8. The average Bonchev–Trinajstić information content (AvgIpc) is 2.50. The highest BCUT2D eigenvalue weighted by Gasteiger charge is 2.32. The molecular formula is C17H25F2NO. The summed E-state index contributed by atoms with van der Waals surface area (Å²) in [5, 5.41) is 3.41. The third-order valence-electron chi connectivity index (χ3n) is 4.49. The number of nitrogens with one attached hydrogen (secondary N) is 1. The van der Waals surface area contributed by atoms with Crippen LogP contribution in [-0.2, 0) is 11.2 Å². The fraction of sp³-hybridized carbons (Fsp3) is 0.647. The van der Waals surface area contributed by atoms with Gasteiger partial charge in [-0.25, -0.2) is 8.78 Å². The van der Waals surface area contributed by atoms with Crippen molar-refractivity contribution in [3.8, 4) is 0 Å². The van der Waals surface area contributed by atoms with Crippen LogP contribution in [0.2, 0.25) is 0 Å². The van der Waals surface area contributed by atoms with E-state index in [0.29, 0.717) is 18.6 Å². The lowest BCUT2D eigenvalue weighted by Gasteiger charge is -2.38. The van der Waals surface area contributed by atoms with Crippen LogP contribution in [-0.4, -0.2) is 26.8 Å². The molecule has 1 aliphatic rings. The molecule has 1 fully saturated rings. The maximum atomic E-state index is 14.0. The molecule has 0 bridgehead atoms. The topological polar surface area (TPSA) is 21.3 Å². The van der Waals surface area contributed by atoms with Crippen molar-refractivity contribution in [3.63, 3.8) is 0 Å². The molecular weight excluding hydrogens is 272 g/mol. The van der Waals surface area contributed by atoms with Crippen LogP contribution in [0.1, 0.15) is 37.7 Å². The van der Waals surface area contributed by atoms with E-state index in [-0.39, 0.29) is 5.41 Å². The van der Waals surface area contributed by atoms with Crippen molar-refractivity contribution in [1.82, 2.24) is 5.32 Å². The molecule has 0 amide bonds. The zero-order chi connectivity index (χ0) is 15.1. The summed E-state index contributed by atoms with van der Waals surface area (Å²) in [7, 11) is 1.68. The van der Waals surface area contributed by atoms with Crippen molar-refractivity contribution >= 4 is 0 Å². The van der Waals surface area contributed by atoms with Crippen LogP contribution in [0.15, 0.2) is 18.2 Å². The minimum Gasteiger partial charge on any atom is -0.383 e. The van der Waals surface area contributed by atoms with Crippen molar-refractivity contribution in [2.24, 2.45) is 5.41 Å². The third kappa shape index (κ3) is 4.48. The Bertz CT molecular complexity index is 444. The molecule has 0 aliphatic heterocycles. The maximum absolute atomic E-state index is 14.0. The number of hydrogen-bond acceptors (Lipinski definition) is 2.